The van der Waals surface area contributed by atoms with Crippen LogP contribution in [-0.2, 0) is 9.59 Å². The Labute approximate surface area is 121 Å². The van der Waals surface area contributed by atoms with Crippen LogP contribution in [0.25, 0.3) is 0 Å². The van der Waals surface area contributed by atoms with Gasteiger partial charge in [0.1, 0.15) is 0 Å². The van der Waals surface area contributed by atoms with Gasteiger partial charge in [0.25, 0.3) is 0 Å². The number of carbonyl (C=O) groups is 2. The fourth-order valence-electron chi connectivity index (χ4n) is 2.39. The van der Waals surface area contributed by atoms with Crippen molar-refractivity contribution in [2.75, 3.05) is 19.6 Å². The van der Waals surface area contributed by atoms with Crippen LogP contribution in [0.1, 0.15) is 46.5 Å². The van der Waals surface area contributed by atoms with Gasteiger partial charge in [-0.05, 0) is 46.5 Å². The molecule has 1 saturated heterocycles. The Kier molecular flexibility index (Phi) is 4.68. The molecule has 114 valence electrons. The highest BCUT2D eigenvalue weighted by Gasteiger charge is 2.32. The zero-order valence-corrected chi connectivity index (χ0v) is 12.9. The third kappa shape index (κ3) is 4.78. The summed E-state index contributed by atoms with van der Waals surface area (Å²) in [7, 11) is 0. The number of amides is 2. The summed E-state index contributed by atoms with van der Waals surface area (Å²) >= 11 is 0. The predicted molar refractivity (Wildman–Crippen MR) is 78.2 cm³/mol. The van der Waals surface area contributed by atoms with E-state index in [1.807, 2.05) is 4.90 Å². The molecule has 1 aliphatic heterocycles. The van der Waals surface area contributed by atoms with Crippen molar-refractivity contribution in [3.05, 3.63) is 0 Å². The molecule has 0 spiro atoms. The molecule has 0 atom stereocenters. The molecule has 0 aromatic rings. The molecule has 1 aliphatic carbocycles. The van der Waals surface area contributed by atoms with E-state index in [1.165, 1.54) is 0 Å². The molecule has 5 nitrogen and oxygen atoms in total. The molecule has 2 fully saturated rings. The third-order valence-electron chi connectivity index (χ3n) is 3.91. The molecule has 0 aromatic heterocycles. The minimum atomic E-state index is -0.0355. The molecular weight excluding hydrogens is 254 g/mol. The zero-order chi connectivity index (χ0) is 14.8. The summed E-state index contributed by atoms with van der Waals surface area (Å²) < 4.78 is 0. The molecule has 2 N–H and O–H groups in total. The van der Waals surface area contributed by atoms with Crippen LogP contribution in [0.5, 0.6) is 0 Å². The van der Waals surface area contributed by atoms with Crippen LogP contribution in [0.15, 0.2) is 0 Å². The van der Waals surface area contributed by atoms with Gasteiger partial charge in [-0.1, -0.05) is 0 Å². The average molecular weight is 281 g/mol. The lowest BCUT2D eigenvalue weighted by molar-refractivity contribution is -0.131. The number of likely N-dealkylation sites (tertiary alicyclic amines) is 1. The van der Waals surface area contributed by atoms with Crippen molar-refractivity contribution in [2.24, 2.45) is 5.92 Å². The number of carbonyl (C=O) groups excluding carboxylic acids is 2. The molecule has 0 aromatic carbocycles. The predicted octanol–water partition coefficient (Wildman–Crippen LogP) is 0.892. The molecule has 0 bridgehead atoms. The lowest BCUT2D eigenvalue weighted by Gasteiger charge is -2.33. The Balaban J connectivity index is 1.67. The number of nitrogens with one attached hydrogen (secondary N) is 2. The van der Waals surface area contributed by atoms with Gasteiger partial charge >= 0.3 is 0 Å². The molecular formula is C15H27N3O2. The SMILES string of the molecule is CC(C)(C)NCC(=O)N1CCC(NC(=O)C2CC2)CC1. The molecule has 20 heavy (non-hydrogen) atoms. The standard InChI is InChI=1S/C15H27N3O2/c1-15(2,3)16-10-13(19)18-8-6-12(7-9-18)17-14(20)11-4-5-11/h11-12,16H,4-10H2,1-3H3,(H,17,20). The minimum Gasteiger partial charge on any atom is -0.353 e. The second-order valence-electron chi connectivity index (χ2n) is 7.04. The van der Waals surface area contributed by atoms with E-state index in [0.717, 1.165) is 38.8 Å². The fourth-order valence-corrected chi connectivity index (χ4v) is 2.39. The molecule has 2 rings (SSSR count). The van der Waals surface area contributed by atoms with Crippen molar-refractivity contribution < 1.29 is 9.59 Å². The molecule has 2 amide bonds. The fraction of sp³-hybridized carbons (Fsp3) is 0.867. The van der Waals surface area contributed by atoms with Crippen LogP contribution < -0.4 is 10.6 Å². The Hall–Kier alpha value is -1.10. The summed E-state index contributed by atoms with van der Waals surface area (Å²) in [5.41, 5.74) is -0.0355. The van der Waals surface area contributed by atoms with Crippen LogP contribution >= 0.6 is 0 Å². The second kappa shape index (κ2) is 6.12. The molecule has 5 heteroatoms. The van der Waals surface area contributed by atoms with Crippen LogP contribution in [0.2, 0.25) is 0 Å². The zero-order valence-electron chi connectivity index (χ0n) is 12.9. The summed E-state index contributed by atoms with van der Waals surface area (Å²) in [6.45, 7) is 8.06. The summed E-state index contributed by atoms with van der Waals surface area (Å²) in [5.74, 6) is 0.640. The minimum absolute atomic E-state index is 0.0355. The van der Waals surface area contributed by atoms with Gasteiger partial charge in [0.15, 0.2) is 0 Å². The third-order valence-corrected chi connectivity index (χ3v) is 3.91. The van der Waals surface area contributed by atoms with Gasteiger partial charge in [-0.2, -0.15) is 0 Å². The first kappa shape index (κ1) is 15.3. The van der Waals surface area contributed by atoms with Crippen molar-refractivity contribution in [1.82, 2.24) is 15.5 Å². The van der Waals surface area contributed by atoms with Gasteiger partial charge < -0.3 is 15.5 Å². The van der Waals surface area contributed by atoms with E-state index < -0.39 is 0 Å². The number of piperidine rings is 1. The van der Waals surface area contributed by atoms with E-state index in [4.69, 9.17) is 0 Å². The molecule has 1 saturated carbocycles. The topological polar surface area (TPSA) is 61.4 Å². The maximum atomic E-state index is 12.1. The molecule has 1 heterocycles. The van der Waals surface area contributed by atoms with Crippen LogP contribution in [0.4, 0.5) is 0 Å². The van der Waals surface area contributed by atoms with Gasteiger partial charge in [-0.25, -0.2) is 0 Å². The quantitative estimate of drug-likeness (QED) is 0.804. The van der Waals surface area contributed by atoms with E-state index in [1.54, 1.807) is 0 Å². The maximum absolute atomic E-state index is 12.1. The number of hydrogen-bond donors (Lipinski definition) is 2. The van der Waals surface area contributed by atoms with E-state index in [0.29, 0.717) is 6.54 Å². The first-order valence-electron chi connectivity index (χ1n) is 7.68. The van der Waals surface area contributed by atoms with Crippen LogP contribution in [-0.4, -0.2) is 47.9 Å². The Morgan fingerprint density at radius 2 is 1.70 bits per heavy atom. The van der Waals surface area contributed by atoms with Crippen molar-refractivity contribution >= 4 is 11.8 Å². The van der Waals surface area contributed by atoms with Crippen molar-refractivity contribution in [1.29, 1.82) is 0 Å². The van der Waals surface area contributed by atoms with Crippen molar-refractivity contribution in [3.8, 4) is 0 Å². The Bertz CT molecular complexity index is 364. The molecule has 2 aliphatic rings. The van der Waals surface area contributed by atoms with Crippen molar-refractivity contribution in [3.63, 3.8) is 0 Å². The summed E-state index contributed by atoms with van der Waals surface area (Å²) in [6, 6.07) is 0.253. The lowest BCUT2D eigenvalue weighted by Crippen LogP contribution is -2.50. The number of hydrogen-bond acceptors (Lipinski definition) is 3. The van der Waals surface area contributed by atoms with Gasteiger partial charge in [-0.15, -0.1) is 0 Å². The first-order valence-corrected chi connectivity index (χ1v) is 7.68. The molecule has 0 radical (unpaired) electrons. The van der Waals surface area contributed by atoms with Crippen molar-refractivity contribution in [2.45, 2.75) is 58.0 Å². The normalized spacial score (nSPS) is 20.9. The highest BCUT2D eigenvalue weighted by molar-refractivity contribution is 5.81. The average Bonchev–Trinajstić information content (AvgIpc) is 3.20. The number of nitrogens with zero attached hydrogens (tertiary/aromatic N) is 1. The second-order valence-corrected chi connectivity index (χ2v) is 7.04. The van der Waals surface area contributed by atoms with E-state index in [2.05, 4.69) is 31.4 Å². The van der Waals surface area contributed by atoms with Crippen LogP contribution in [0.3, 0.4) is 0 Å². The summed E-state index contributed by atoms with van der Waals surface area (Å²) in [4.78, 5) is 25.7. The summed E-state index contributed by atoms with van der Waals surface area (Å²) in [5, 5.41) is 6.33. The highest BCUT2D eigenvalue weighted by Crippen LogP contribution is 2.29. The Morgan fingerprint density at radius 1 is 1.10 bits per heavy atom. The monoisotopic (exact) mass is 281 g/mol. The van der Waals surface area contributed by atoms with E-state index >= 15 is 0 Å². The first-order chi connectivity index (χ1) is 9.35. The Morgan fingerprint density at radius 3 is 2.20 bits per heavy atom. The summed E-state index contributed by atoms with van der Waals surface area (Å²) in [6.07, 6.45) is 3.84. The van der Waals surface area contributed by atoms with E-state index in [-0.39, 0.29) is 29.3 Å². The smallest absolute Gasteiger partial charge is 0.236 e. The van der Waals surface area contributed by atoms with Gasteiger partial charge in [0.2, 0.25) is 11.8 Å². The highest BCUT2D eigenvalue weighted by atomic mass is 16.2. The van der Waals surface area contributed by atoms with Crippen LogP contribution in [0, 0.1) is 5.92 Å². The van der Waals surface area contributed by atoms with Gasteiger partial charge in [-0.3, -0.25) is 9.59 Å². The number of rotatable bonds is 4. The van der Waals surface area contributed by atoms with E-state index in [9.17, 15) is 9.59 Å². The lowest BCUT2D eigenvalue weighted by atomic mass is 10.0. The molecule has 0 unspecified atom stereocenters. The largest absolute Gasteiger partial charge is 0.353 e. The maximum Gasteiger partial charge on any atom is 0.236 e. The van der Waals surface area contributed by atoms with Gasteiger partial charge in [0, 0.05) is 30.6 Å². The van der Waals surface area contributed by atoms with Gasteiger partial charge in [0.05, 0.1) is 6.54 Å².